The van der Waals surface area contributed by atoms with Gasteiger partial charge in [0.1, 0.15) is 35.8 Å². The number of benzene rings is 1. The van der Waals surface area contributed by atoms with E-state index in [0.29, 0.717) is 11.3 Å². The number of carbonyl (C=O) groups is 1. The van der Waals surface area contributed by atoms with Crippen molar-refractivity contribution >= 4 is 30.7 Å². The van der Waals surface area contributed by atoms with Crippen molar-refractivity contribution in [2.45, 2.75) is 50.9 Å². The van der Waals surface area contributed by atoms with E-state index in [1.54, 1.807) is 44.3 Å². The number of hydrogen-bond donors (Lipinski definition) is 3. The minimum Gasteiger partial charge on any atom is -0.465 e. The van der Waals surface area contributed by atoms with Crippen LogP contribution in [0.25, 0.3) is 11.2 Å². The number of halogens is 1. The fourth-order valence-electron chi connectivity index (χ4n) is 4.00. The summed E-state index contributed by atoms with van der Waals surface area (Å²) in [6, 6.07) is 7.10. The SMILES string of the molecule is CCOC(=O)[C@H](C)N[P@](=O)(OC[C@H]1O[C@@H](n2cnc3c(NC)ncnc32)[C@](C)(F)[C@@H]1O)Oc1ccccc1. The molecule has 0 bridgehead atoms. The number of ether oxygens (including phenoxy) is 2. The molecule has 0 aliphatic carbocycles. The standard InChI is InChI=1S/C23H30FN6O7P/c1-5-34-21(32)14(2)29-38(33,37-15-9-7-6-8-10-15)35-11-16-18(31)23(3,24)22(36-16)30-13-28-17-19(25-4)26-12-27-20(17)30/h6-10,12-14,16,18,22,31H,5,11H2,1-4H3,(H,29,33)(H,25,26,27)/t14-,16+,18+,22+,23+,38-/m0/s1. The van der Waals surface area contributed by atoms with Crippen LogP contribution in [0.2, 0.25) is 0 Å². The fraction of sp³-hybridized carbons (Fsp3) is 0.478. The van der Waals surface area contributed by atoms with Crippen molar-refractivity contribution in [2.75, 3.05) is 25.6 Å². The Balaban J connectivity index is 1.55. The predicted octanol–water partition coefficient (Wildman–Crippen LogP) is 2.60. The van der Waals surface area contributed by atoms with E-state index >= 15 is 4.39 Å². The van der Waals surface area contributed by atoms with Gasteiger partial charge in [-0.25, -0.2) is 23.9 Å². The van der Waals surface area contributed by atoms with Crippen molar-refractivity contribution in [3.63, 3.8) is 0 Å². The molecule has 0 amide bonds. The summed E-state index contributed by atoms with van der Waals surface area (Å²) in [6.07, 6.45) is -1.64. The first-order valence-electron chi connectivity index (χ1n) is 11.9. The molecule has 1 saturated heterocycles. The molecule has 4 rings (SSSR count). The topological polar surface area (TPSA) is 159 Å². The average Bonchev–Trinajstić information content (AvgIpc) is 3.41. The third kappa shape index (κ3) is 5.64. The molecule has 1 aliphatic heterocycles. The number of esters is 1. The number of anilines is 1. The zero-order chi connectivity index (χ0) is 27.5. The van der Waals surface area contributed by atoms with Gasteiger partial charge in [0.15, 0.2) is 23.4 Å². The summed E-state index contributed by atoms with van der Waals surface area (Å²) in [5, 5.41) is 16.2. The van der Waals surface area contributed by atoms with Crippen LogP contribution in [0.1, 0.15) is 27.0 Å². The molecule has 1 aliphatic rings. The lowest BCUT2D eigenvalue weighted by Gasteiger charge is -2.25. The summed E-state index contributed by atoms with van der Waals surface area (Å²) in [5.74, 6) is -0.0321. The first-order valence-corrected chi connectivity index (χ1v) is 13.4. The monoisotopic (exact) mass is 552 g/mol. The third-order valence-electron chi connectivity index (χ3n) is 5.93. The van der Waals surface area contributed by atoms with Gasteiger partial charge in [-0.3, -0.25) is 13.9 Å². The number of imidazole rings is 1. The number of hydrogen-bond acceptors (Lipinski definition) is 11. The number of nitrogens with zero attached hydrogens (tertiary/aromatic N) is 4. The van der Waals surface area contributed by atoms with E-state index in [-0.39, 0.29) is 18.0 Å². The molecule has 2 aromatic heterocycles. The highest BCUT2D eigenvalue weighted by Gasteiger charge is 2.56. The molecular weight excluding hydrogens is 522 g/mol. The molecule has 1 aromatic carbocycles. The number of aliphatic hydroxyl groups excluding tert-OH is 1. The molecule has 6 atom stereocenters. The molecule has 3 aromatic rings. The Morgan fingerprint density at radius 2 is 2.05 bits per heavy atom. The molecule has 13 nitrogen and oxygen atoms in total. The Morgan fingerprint density at radius 3 is 2.74 bits per heavy atom. The Morgan fingerprint density at radius 1 is 1.32 bits per heavy atom. The summed E-state index contributed by atoms with van der Waals surface area (Å²) in [7, 11) is -2.58. The number of nitrogens with one attached hydrogen (secondary N) is 2. The summed E-state index contributed by atoms with van der Waals surface area (Å²) in [5.41, 5.74) is -1.63. The molecule has 206 valence electrons. The lowest BCUT2D eigenvalue weighted by molar-refractivity contribution is -0.144. The second-order valence-corrected chi connectivity index (χ2v) is 10.4. The van der Waals surface area contributed by atoms with Gasteiger partial charge in [0, 0.05) is 7.05 Å². The van der Waals surface area contributed by atoms with Crippen molar-refractivity contribution in [3.8, 4) is 5.75 Å². The van der Waals surface area contributed by atoms with Crippen molar-refractivity contribution in [1.29, 1.82) is 0 Å². The molecule has 0 radical (unpaired) electrons. The number of aromatic nitrogens is 4. The molecule has 3 heterocycles. The van der Waals surface area contributed by atoms with Gasteiger partial charge < -0.3 is 24.4 Å². The number of aliphatic hydroxyl groups is 1. The van der Waals surface area contributed by atoms with Gasteiger partial charge in [-0.2, -0.15) is 5.09 Å². The fourth-order valence-corrected chi connectivity index (χ4v) is 5.50. The molecule has 1 fully saturated rings. The Kier molecular flexibility index (Phi) is 8.28. The van der Waals surface area contributed by atoms with Gasteiger partial charge in [-0.15, -0.1) is 0 Å². The normalized spacial score (nSPS) is 25.6. The zero-order valence-corrected chi connectivity index (χ0v) is 22.2. The van der Waals surface area contributed by atoms with Crippen LogP contribution >= 0.6 is 7.75 Å². The highest BCUT2D eigenvalue weighted by Crippen LogP contribution is 2.48. The van der Waals surface area contributed by atoms with Crippen LogP contribution in [0, 0.1) is 0 Å². The third-order valence-corrected chi connectivity index (χ3v) is 7.58. The van der Waals surface area contributed by atoms with Crippen LogP contribution in [0.4, 0.5) is 10.2 Å². The average molecular weight is 553 g/mol. The van der Waals surface area contributed by atoms with E-state index in [1.165, 1.54) is 31.1 Å². The molecule has 3 N–H and O–H groups in total. The van der Waals surface area contributed by atoms with E-state index in [2.05, 4.69) is 25.4 Å². The number of carbonyl (C=O) groups excluding carboxylic acids is 1. The number of fused-ring (bicyclic) bond motifs is 1. The largest absolute Gasteiger partial charge is 0.465 e. The Hall–Kier alpha value is -3.16. The lowest BCUT2D eigenvalue weighted by atomic mass is 9.98. The molecule has 15 heteroatoms. The van der Waals surface area contributed by atoms with E-state index in [1.807, 2.05) is 0 Å². The van der Waals surface area contributed by atoms with Crippen LogP contribution in [0.15, 0.2) is 43.0 Å². The van der Waals surface area contributed by atoms with Gasteiger partial charge in [0.05, 0.1) is 19.5 Å². The summed E-state index contributed by atoms with van der Waals surface area (Å²) >= 11 is 0. The lowest BCUT2D eigenvalue weighted by Crippen LogP contribution is -2.41. The second-order valence-electron chi connectivity index (χ2n) is 8.72. The molecule has 38 heavy (non-hydrogen) atoms. The van der Waals surface area contributed by atoms with Crippen LogP contribution < -0.4 is 14.9 Å². The summed E-state index contributed by atoms with van der Waals surface area (Å²) in [4.78, 5) is 24.6. The zero-order valence-electron chi connectivity index (χ0n) is 21.3. The maximum atomic E-state index is 15.8. The summed E-state index contributed by atoms with van der Waals surface area (Å²) < 4.78 is 52.8. The quantitative estimate of drug-likeness (QED) is 0.236. The van der Waals surface area contributed by atoms with Gasteiger partial charge in [0.25, 0.3) is 0 Å². The van der Waals surface area contributed by atoms with Crippen LogP contribution in [0.3, 0.4) is 0 Å². The maximum Gasteiger partial charge on any atom is 0.459 e. The molecule has 0 unspecified atom stereocenters. The Bertz CT molecular complexity index is 1310. The highest BCUT2D eigenvalue weighted by atomic mass is 31.2. The van der Waals surface area contributed by atoms with Crippen LogP contribution in [-0.4, -0.2) is 74.8 Å². The van der Waals surface area contributed by atoms with E-state index in [0.717, 1.165) is 0 Å². The Labute approximate surface area is 218 Å². The van der Waals surface area contributed by atoms with Crippen LogP contribution in [0.5, 0.6) is 5.75 Å². The van der Waals surface area contributed by atoms with Gasteiger partial charge in [-0.1, -0.05) is 18.2 Å². The van der Waals surface area contributed by atoms with Gasteiger partial charge in [0.2, 0.25) is 0 Å². The van der Waals surface area contributed by atoms with E-state index in [4.69, 9.17) is 18.5 Å². The van der Waals surface area contributed by atoms with Crippen molar-refractivity contribution in [2.24, 2.45) is 0 Å². The minimum atomic E-state index is -4.24. The van der Waals surface area contributed by atoms with E-state index in [9.17, 15) is 14.5 Å². The molecule has 0 spiro atoms. The van der Waals surface area contributed by atoms with Crippen molar-refractivity contribution in [3.05, 3.63) is 43.0 Å². The number of para-hydroxylation sites is 1. The van der Waals surface area contributed by atoms with Gasteiger partial charge >= 0.3 is 13.7 Å². The van der Waals surface area contributed by atoms with Crippen LogP contribution in [-0.2, 0) is 23.4 Å². The van der Waals surface area contributed by atoms with Gasteiger partial charge in [-0.05, 0) is 32.9 Å². The van der Waals surface area contributed by atoms with E-state index < -0.39 is 50.5 Å². The minimum absolute atomic E-state index is 0.123. The predicted molar refractivity (Wildman–Crippen MR) is 134 cm³/mol. The maximum absolute atomic E-state index is 15.8. The number of rotatable bonds is 11. The smallest absolute Gasteiger partial charge is 0.459 e. The molecule has 0 saturated carbocycles. The molecular formula is C23H30FN6O7P. The highest BCUT2D eigenvalue weighted by molar-refractivity contribution is 7.52. The number of alkyl halides is 1. The first-order chi connectivity index (χ1) is 18.1. The summed E-state index contributed by atoms with van der Waals surface area (Å²) in [6.45, 7) is 3.84. The second kappa shape index (κ2) is 11.3. The first kappa shape index (κ1) is 27.9. The van der Waals surface area contributed by atoms with Crippen molar-refractivity contribution < 1.29 is 37.4 Å². The van der Waals surface area contributed by atoms with Crippen molar-refractivity contribution in [1.82, 2.24) is 24.6 Å².